The molecule has 3 atom stereocenters. The standard InChI is InChI=1S/C10H13N5O3/c11-10-13-8-7(9(18)14-10)12-3-15(8)5-1-4(5)6(17)2-16/h3-6,16-17H,1-2H2,(H3,11,13,14,18)/t4-,5+,6-/m0/s1. The van der Waals surface area contributed by atoms with Crippen LogP contribution in [0.15, 0.2) is 11.1 Å². The second-order valence-corrected chi connectivity index (χ2v) is 4.49. The largest absolute Gasteiger partial charge is 0.394 e. The second kappa shape index (κ2) is 3.79. The molecule has 2 heterocycles. The molecule has 0 radical (unpaired) electrons. The summed E-state index contributed by atoms with van der Waals surface area (Å²) in [6.07, 6.45) is 1.48. The van der Waals surface area contributed by atoms with Gasteiger partial charge in [-0.25, -0.2) is 4.98 Å². The third kappa shape index (κ3) is 1.57. The molecule has 1 fully saturated rings. The zero-order valence-corrected chi connectivity index (χ0v) is 9.45. The zero-order chi connectivity index (χ0) is 12.9. The number of imidazole rings is 1. The maximum Gasteiger partial charge on any atom is 0.280 e. The summed E-state index contributed by atoms with van der Waals surface area (Å²) in [6, 6.07) is 0.00542. The van der Waals surface area contributed by atoms with Gasteiger partial charge in [-0.05, 0) is 6.42 Å². The molecule has 0 amide bonds. The minimum atomic E-state index is -0.758. The predicted octanol–water partition coefficient (Wildman–Crippen LogP) is -1.38. The van der Waals surface area contributed by atoms with Crippen LogP contribution in [-0.2, 0) is 0 Å². The summed E-state index contributed by atoms with van der Waals surface area (Å²) in [7, 11) is 0. The molecular formula is C10H13N5O3. The zero-order valence-electron chi connectivity index (χ0n) is 9.45. The smallest absolute Gasteiger partial charge is 0.280 e. The Hall–Kier alpha value is -1.93. The Kier molecular flexibility index (Phi) is 2.35. The van der Waals surface area contributed by atoms with E-state index in [2.05, 4.69) is 15.0 Å². The fourth-order valence-electron chi connectivity index (χ4n) is 2.25. The van der Waals surface area contributed by atoms with Crippen LogP contribution in [0.1, 0.15) is 12.5 Å². The molecule has 0 unspecified atom stereocenters. The molecule has 0 aromatic carbocycles. The van der Waals surface area contributed by atoms with Crippen LogP contribution in [0, 0.1) is 5.92 Å². The summed E-state index contributed by atoms with van der Waals surface area (Å²) in [5.41, 5.74) is 5.76. The fraction of sp³-hybridized carbons (Fsp3) is 0.500. The summed E-state index contributed by atoms with van der Waals surface area (Å²) < 4.78 is 1.73. The molecule has 0 bridgehead atoms. The molecule has 0 aliphatic heterocycles. The topological polar surface area (TPSA) is 130 Å². The van der Waals surface area contributed by atoms with Gasteiger partial charge in [0.1, 0.15) is 0 Å². The highest BCUT2D eigenvalue weighted by Gasteiger charge is 2.44. The average Bonchev–Trinajstić information content (AvgIpc) is 3.01. The summed E-state index contributed by atoms with van der Waals surface area (Å²) >= 11 is 0. The lowest BCUT2D eigenvalue weighted by Crippen LogP contribution is -2.17. The van der Waals surface area contributed by atoms with Gasteiger partial charge in [0.05, 0.1) is 19.0 Å². The SMILES string of the molecule is Nc1nc2c(ncn2[C@@H]2C[C@@H]2[C@@H](O)CO)c(=O)[nH]1. The molecule has 2 aromatic rings. The van der Waals surface area contributed by atoms with E-state index in [1.54, 1.807) is 4.57 Å². The molecule has 2 aromatic heterocycles. The third-order valence-electron chi connectivity index (χ3n) is 3.29. The molecule has 5 N–H and O–H groups in total. The summed E-state index contributed by atoms with van der Waals surface area (Å²) in [6.45, 7) is -0.274. The van der Waals surface area contributed by atoms with Crippen molar-refractivity contribution in [3.05, 3.63) is 16.7 Å². The summed E-state index contributed by atoms with van der Waals surface area (Å²) in [4.78, 5) is 22.0. The van der Waals surface area contributed by atoms with Crippen molar-refractivity contribution < 1.29 is 10.2 Å². The molecule has 3 rings (SSSR count). The summed E-state index contributed by atoms with van der Waals surface area (Å²) in [5.74, 6) is 0.00358. The van der Waals surface area contributed by atoms with Crippen LogP contribution in [0.3, 0.4) is 0 Å². The van der Waals surface area contributed by atoms with Crippen molar-refractivity contribution in [3.63, 3.8) is 0 Å². The highest BCUT2D eigenvalue weighted by molar-refractivity contribution is 5.70. The number of nitrogens with two attached hydrogens (primary N) is 1. The van der Waals surface area contributed by atoms with Gasteiger partial charge in [0.15, 0.2) is 11.2 Å². The lowest BCUT2D eigenvalue weighted by atomic mass is 10.2. The monoisotopic (exact) mass is 251 g/mol. The Morgan fingerprint density at radius 2 is 2.44 bits per heavy atom. The molecular weight excluding hydrogens is 238 g/mol. The number of H-pyrrole nitrogens is 1. The molecule has 8 nitrogen and oxygen atoms in total. The highest BCUT2D eigenvalue weighted by atomic mass is 16.3. The summed E-state index contributed by atoms with van der Waals surface area (Å²) in [5, 5.41) is 18.4. The Labute approximate surface area is 101 Å². The lowest BCUT2D eigenvalue weighted by Gasteiger charge is -2.07. The van der Waals surface area contributed by atoms with Crippen LogP contribution in [0.4, 0.5) is 5.95 Å². The van der Waals surface area contributed by atoms with E-state index in [4.69, 9.17) is 10.8 Å². The molecule has 1 saturated carbocycles. The Bertz CT molecular complexity index is 648. The van der Waals surface area contributed by atoms with Crippen molar-refractivity contribution in [3.8, 4) is 0 Å². The van der Waals surface area contributed by atoms with Gasteiger partial charge >= 0.3 is 0 Å². The van der Waals surface area contributed by atoms with Gasteiger partial charge < -0.3 is 20.5 Å². The van der Waals surface area contributed by atoms with E-state index in [9.17, 15) is 9.90 Å². The van der Waals surface area contributed by atoms with Crippen molar-refractivity contribution in [1.29, 1.82) is 0 Å². The van der Waals surface area contributed by atoms with E-state index in [-0.39, 0.29) is 35.6 Å². The number of nitrogen functional groups attached to an aromatic ring is 1. The third-order valence-corrected chi connectivity index (χ3v) is 3.29. The van der Waals surface area contributed by atoms with E-state index in [0.29, 0.717) is 5.65 Å². The Morgan fingerprint density at radius 1 is 1.67 bits per heavy atom. The van der Waals surface area contributed by atoms with Gasteiger partial charge in [0.2, 0.25) is 5.95 Å². The van der Waals surface area contributed by atoms with Crippen LogP contribution in [0.2, 0.25) is 0 Å². The van der Waals surface area contributed by atoms with Crippen LogP contribution >= 0.6 is 0 Å². The number of aliphatic hydroxyl groups is 2. The normalized spacial score (nSPS) is 24.3. The van der Waals surface area contributed by atoms with Crippen LogP contribution in [0.5, 0.6) is 0 Å². The molecule has 0 spiro atoms. The van der Waals surface area contributed by atoms with Gasteiger partial charge in [0, 0.05) is 12.0 Å². The Balaban J connectivity index is 2.02. The number of nitrogens with one attached hydrogen (secondary N) is 1. The average molecular weight is 251 g/mol. The van der Waals surface area contributed by atoms with Crippen molar-refractivity contribution in [2.45, 2.75) is 18.6 Å². The molecule has 1 aliphatic carbocycles. The first-order valence-electron chi connectivity index (χ1n) is 5.63. The van der Waals surface area contributed by atoms with Gasteiger partial charge in [-0.1, -0.05) is 0 Å². The van der Waals surface area contributed by atoms with E-state index >= 15 is 0 Å². The number of hydrogen-bond acceptors (Lipinski definition) is 6. The lowest BCUT2D eigenvalue weighted by molar-refractivity contribution is 0.0742. The number of hydrogen-bond donors (Lipinski definition) is 4. The number of aromatic nitrogens is 4. The number of rotatable bonds is 3. The minimum Gasteiger partial charge on any atom is -0.394 e. The number of fused-ring (bicyclic) bond motifs is 1. The van der Waals surface area contributed by atoms with Crippen LogP contribution in [-0.4, -0.2) is 42.4 Å². The molecule has 8 heteroatoms. The first-order chi connectivity index (χ1) is 8.61. The molecule has 96 valence electrons. The van der Waals surface area contributed by atoms with Gasteiger partial charge in [-0.3, -0.25) is 9.78 Å². The first kappa shape index (κ1) is 11.2. The fourth-order valence-corrected chi connectivity index (χ4v) is 2.25. The maximum atomic E-state index is 11.6. The van der Waals surface area contributed by atoms with Crippen molar-refractivity contribution in [2.75, 3.05) is 12.3 Å². The molecule has 18 heavy (non-hydrogen) atoms. The first-order valence-corrected chi connectivity index (χ1v) is 5.63. The number of aliphatic hydroxyl groups excluding tert-OH is 2. The Morgan fingerprint density at radius 3 is 3.17 bits per heavy atom. The number of anilines is 1. The van der Waals surface area contributed by atoms with Crippen molar-refractivity contribution in [1.82, 2.24) is 19.5 Å². The predicted molar refractivity (Wildman–Crippen MR) is 62.8 cm³/mol. The van der Waals surface area contributed by atoms with Gasteiger partial charge in [-0.2, -0.15) is 4.98 Å². The number of aromatic amines is 1. The van der Waals surface area contributed by atoms with E-state index < -0.39 is 6.10 Å². The van der Waals surface area contributed by atoms with Crippen LogP contribution < -0.4 is 11.3 Å². The van der Waals surface area contributed by atoms with E-state index in [1.807, 2.05) is 0 Å². The van der Waals surface area contributed by atoms with Crippen molar-refractivity contribution >= 4 is 17.1 Å². The van der Waals surface area contributed by atoms with Crippen LogP contribution in [0.25, 0.3) is 11.2 Å². The van der Waals surface area contributed by atoms with E-state index in [1.165, 1.54) is 6.33 Å². The molecule has 0 saturated heterocycles. The van der Waals surface area contributed by atoms with Gasteiger partial charge in [0.25, 0.3) is 5.56 Å². The quantitative estimate of drug-likeness (QED) is 0.531. The number of nitrogens with zero attached hydrogens (tertiary/aromatic N) is 3. The van der Waals surface area contributed by atoms with Gasteiger partial charge in [-0.15, -0.1) is 0 Å². The maximum absolute atomic E-state index is 11.6. The van der Waals surface area contributed by atoms with E-state index in [0.717, 1.165) is 6.42 Å². The second-order valence-electron chi connectivity index (χ2n) is 4.49. The minimum absolute atomic E-state index is 0.00542. The molecule has 1 aliphatic rings. The van der Waals surface area contributed by atoms with Crippen molar-refractivity contribution in [2.24, 2.45) is 5.92 Å². The highest BCUT2D eigenvalue weighted by Crippen LogP contribution is 2.46.